The lowest BCUT2D eigenvalue weighted by Crippen LogP contribution is -2.42. The van der Waals surface area contributed by atoms with Crippen LogP contribution < -0.4 is 0 Å². The molecule has 0 aromatic carbocycles. The van der Waals surface area contributed by atoms with Crippen molar-refractivity contribution in [1.29, 1.82) is 0 Å². The van der Waals surface area contributed by atoms with Crippen LogP contribution >= 0.6 is 0 Å². The highest BCUT2D eigenvalue weighted by atomic mass is 16.5. The quantitative estimate of drug-likeness (QED) is 0.708. The highest BCUT2D eigenvalue weighted by Crippen LogP contribution is 2.26. The van der Waals surface area contributed by atoms with E-state index >= 15 is 0 Å². The van der Waals surface area contributed by atoms with Gasteiger partial charge in [0.2, 0.25) is 5.91 Å². The molecule has 18 heavy (non-hydrogen) atoms. The Morgan fingerprint density at radius 1 is 1.22 bits per heavy atom. The minimum Gasteiger partial charge on any atom is -0.469 e. The number of carbonyl (C=O) groups excluding carboxylic acids is 2. The molecule has 0 aromatic heterocycles. The van der Waals surface area contributed by atoms with Crippen molar-refractivity contribution in [1.82, 2.24) is 4.90 Å². The van der Waals surface area contributed by atoms with Gasteiger partial charge < -0.3 is 9.64 Å². The summed E-state index contributed by atoms with van der Waals surface area (Å²) in [6.07, 6.45) is 5.83. The van der Waals surface area contributed by atoms with Crippen molar-refractivity contribution in [3.05, 3.63) is 0 Å². The molecule has 0 spiro atoms. The van der Waals surface area contributed by atoms with Crippen LogP contribution in [0.4, 0.5) is 0 Å². The number of ether oxygens (including phenoxy) is 1. The largest absolute Gasteiger partial charge is 0.469 e. The molecule has 1 fully saturated rings. The molecular formula is C14H25NO3. The maximum absolute atomic E-state index is 12.4. The Labute approximate surface area is 110 Å². The molecule has 0 heterocycles. The molecule has 1 aliphatic rings. The van der Waals surface area contributed by atoms with E-state index < -0.39 is 0 Å². The zero-order valence-electron chi connectivity index (χ0n) is 11.8. The van der Waals surface area contributed by atoms with E-state index in [1.54, 1.807) is 0 Å². The molecule has 0 unspecified atom stereocenters. The molecule has 0 aromatic rings. The summed E-state index contributed by atoms with van der Waals surface area (Å²) in [5.74, 6) is 0.129. The van der Waals surface area contributed by atoms with E-state index in [0.717, 1.165) is 25.7 Å². The average molecular weight is 255 g/mol. The molecule has 1 aliphatic carbocycles. The lowest BCUT2D eigenvalue weighted by molar-refractivity contribution is -0.143. The number of amides is 1. The molecule has 0 atom stereocenters. The maximum Gasteiger partial charge on any atom is 0.307 e. The SMILES string of the molecule is COC(=O)CCN(C(=O)C1CCCCC1)C(C)C. The number of rotatable bonds is 5. The second kappa shape index (κ2) is 7.39. The predicted octanol–water partition coefficient (Wildman–Crippen LogP) is 2.37. The Morgan fingerprint density at radius 2 is 1.83 bits per heavy atom. The average Bonchev–Trinajstić information content (AvgIpc) is 2.39. The maximum atomic E-state index is 12.4. The molecule has 4 heteroatoms. The number of hydrogen-bond acceptors (Lipinski definition) is 3. The summed E-state index contributed by atoms with van der Waals surface area (Å²) < 4.78 is 4.63. The van der Waals surface area contributed by atoms with Gasteiger partial charge in [0.1, 0.15) is 0 Å². The molecule has 1 rings (SSSR count). The summed E-state index contributed by atoms with van der Waals surface area (Å²) in [6, 6.07) is 0.143. The van der Waals surface area contributed by atoms with Crippen molar-refractivity contribution in [3.8, 4) is 0 Å². The first kappa shape index (κ1) is 15.0. The van der Waals surface area contributed by atoms with Crippen molar-refractivity contribution < 1.29 is 14.3 Å². The fourth-order valence-corrected chi connectivity index (χ4v) is 2.52. The number of nitrogens with zero attached hydrogens (tertiary/aromatic N) is 1. The number of carbonyl (C=O) groups is 2. The number of methoxy groups -OCH3 is 1. The van der Waals surface area contributed by atoms with Gasteiger partial charge in [-0.15, -0.1) is 0 Å². The van der Waals surface area contributed by atoms with Crippen molar-refractivity contribution in [3.63, 3.8) is 0 Å². The van der Waals surface area contributed by atoms with Crippen LogP contribution in [-0.2, 0) is 14.3 Å². The summed E-state index contributed by atoms with van der Waals surface area (Å²) >= 11 is 0. The van der Waals surface area contributed by atoms with E-state index in [2.05, 4.69) is 4.74 Å². The molecule has 0 bridgehead atoms. The van der Waals surface area contributed by atoms with E-state index in [1.807, 2.05) is 18.7 Å². The predicted molar refractivity (Wildman–Crippen MR) is 70.1 cm³/mol. The van der Waals surface area contributed by atoms with Crippen LogP contribution in [0.2, 0.25) is 0 Å². The van der Waals surface area contributed by atoms with Gasteiger partial charge in [0.05, 0.1) is 13.5 Å². The van der Waals surface area contributed by atoms with Crippen LogP contribution in [0, 0.1) is 5.92 Å². The molecule has 1 amide bonds. The van der Waals surface area contributed by atoms with Gasteiger partial charge in [0, 0.05) is 18.5 Å². The fraction of sp³-hybridized carbons (Fsp3) is 0.857. The van der Waals surface area contributed by atoms with Gasteiger partial charge >= 0.3 is 5.97 Å². The van der Waals surface area contributed by atoms with Crippen LogP contribution in [0.5, 0.6) is 0 Å². The van der Waals surface area contributed by atoms with Crippen LogP contribution in [0.25, 0.3) is 0 Å². The third-order valence-corrected chi connectivity index (χ3v) is 3.65. The van der Waals surface area contributed by atoms with Gasteiger partial charge in [-0.05, 0) is 26.7 Å². The molecule has 0 N–H and O–H groups in total. The summed E-state index contributed by atoms with van der Waals surface area (Å²) in [5, 5.41) is 0. The number of esters is 1. The summed E-state index contributed by atoms with van der Waals surface area (Å²) in [7, 11) is 1.38. The van der Waals surface area contributed by atoms with Gasteiger partial charge in [0.25, 0.3) is 0 Å². The zero-order chi connectivity index (χ0) is 13.5. The zero-order valence-corrected chi connectivity index (χ0v) is 11.8. The van der Waals surface area contributed by atoms with E-state index in [4.69, 9.17) is 0 Å². The Kier molecular flexibility index (Phi) is 6.16. The molecular weight excluding hydrogens is 230 g/mol. The summed E-state index contributed by atoms with van der Waals surface area (Å²) in [6.45, 7) is 4.47. The highest BCUT2D eigenvalue weighted by Gasteiger charge is 2.27. The standard InChI is InChI=1S/C14H25NO3/c1-11(2)15(10-9-13(16)18-3)14(17)12-7-5-4-6-8-12/h11-12H,4-10H2,1-3H3. The van der Waals surface area contributed by atoms with Crippen molar-refractivity contribution in [2.24, 2.45) is 5.92 Å². The molecule has 0 aliphatic heterocycles. The van der Waals surface area contributed by atoms with E-state index in [1.165, 1.54) is 13.5 Å². The first-order chi connectivity index (χ1) is 8.56. The third kappa shape index (κ3) is 4.31. The molecule has 1 saturated carbocycles. The Hall–Kier alpha value is -1.06. The molecule has 4 nitrogen and oxygen atoms in total. The lowest BCUT2D eigenvalue weighted by atomic mass is 9.88. The van der Waals surface area contributed by atoms with Gasteiger partial charge in [-0.25, -0.2) is 0 Å². The van der Waals surface area contributed by atoms with E-state index in [0.29, 0.717) is 6.54 Å². The van der Waals surface area contributed by atoms with Gasteiger partial charge in [-0.1, -0.05) is 19.3 Å². The normalized spacial score (nSPS) is 16.7. The first-order valence-corrected chi connectivity index (χ1v) is 6.93. The second-order valence-corrected chi connectivity index (χ2v) is 5.29. The monoisotopic (exact) mass is 255 g/mol. The summed E-state index contributed by atoms with van der Waals surface area (Å²) in [5.41, 5.74) is 0. The van der Waals surface area contributed by atoms with E-state index in [9.17, 15) is 9.59 Å². The number of hydrogen-bond donors (Lipinski definition) is 0. The fourth-order valence-electron chi connectivity index (χ4n) is 2.52. The van der Waals surface area contributed by atoms with Crippen LogP contribution in [-0.4, -0.2) is 36.5 Å². The smallest absolute Gasteiger partial charge is 0.307 e. The van der Waals surface area contributed by atoms with Gasteiger partial charge in [-0.3, -0.25) is 9.59 Å². The summed E-state index contributed by atoms with van der Waals surface area (Å²) in [4.78, 5) is 25.4. The second-order valence-electron chi connectivity index (χ2n) is 5.29. The van der Waals surface area contributed by atoms with Crippen molar-refractivity contribution >= 4 is 11.9 Å². The Bertz CT molecular complexity index is 283. The van der Waals surface area contributed by atoms with Crippen LogP contribution in [0.1, 0.15) is 52.4 Å². The molecule has 0 saturated heterocycles. The lowest BCUT2D eigenvalue weighted by Gasteiger charge is -2.32. The van der Waals surface area contributed by atoms with Crippen LogP contribution in [0.15, 0.2) is 0 Å². The van der Waals surface area contributed by atoms with Crippen molar-refractivity contribution in [2.45, 2.75) is 58.4 Å². The Balaban J connectivity index is 2.54. The highest BCUT2D eigenvalue weighted by molar-refractivity contribution is 5.80. The molecule has 104 valence electrons. The minimum absolute atomic E-state index is 0.143. The van der Waals surface area contributed by atoms with Gasteiger partial charge in [-0.2, -0.15) is 0 Å². The third-order valence-electron chi connectivity index (χ3n) is 3.65. The van der Waals surface area contributed by atoms with Crippen LogP contribution in [0.3, 0.4) is 0 Å². The van der Waals surface area contributed by atoms with E-state index in [-0.39, 0.29) is 30.3 Å². The Morgan fingerprint density at radius 3 is 2.33 bits per heavy atom. The minimum atomic E-state index is -0.253. The first-order valence-electron chi connectivity index (χ1n) is 6.93. The topological polar surface area (TPSA) is 46.6 Å². The van der Waals surface area contributed by atoms with Gasteiger partial charge in [0.15, 0.2) is 0 Å². The molecule has 0 radical (unpaired) electrons. The van der Waals surface area contributed by atoms with Crippen molar-refractivity contribution in [2.75, 3.05) is 13.7 Å².